The molecule has 3 heteroatoms. The second kappa shape index (κ2) is 6.00. The molecule has 4 rings (SSSR count). The minimum Gasteiger partial charge on any atom is -0.300 e. The third-order valence-corrected chi connectivity index (χ3v) is 8.64. The average molecular weight is 347 g/mol. The van der Waals surface area contributed by atoms with Crippen LogP contribution in [0.15, 0.2) is 11.6 Å². The van der Waals surface area contributed by atoms with Crippen molar-refractivity contribution in [2.75, 3.05) is 12.0 Å². The van der Waals surface area contributed by atoms with Crippen LogP contribution in [0.1, 0.15) is 64.7 Å². The van der Waals surface area contributed by atoms with Crippen LogP contribution in [0.2, 0.25) is 0 Å². The van der Waals surface area contributed by atoms with Crippen LogP contribution in [-0.4, -0.2) is 23.6 Å². The van der Waals surface area contributed by atoms with Crippen LogP contribution in [0.25, 0.3) is 0 Å². The van der Waals surface area contributed by atoms with E-state index >= 15 is 0 Å². The molecule has 0 unspecified atom stereocenters. The fourth-order valence-corrected chi connectivity index (χ4v) is 7.23. The van der Waals surface area contributed by atoms with Gasteiger partial charge in [-0.2, -0.15) is 11.8 Å². The van der Waals surface area contributed by atoms with E-state index in [9.17, 15) is 9.59 Å². The average Bonchev–Trinajstić information content (AvgIpc) is 2.88. The quantitative estimate of drug-likeness (QED) is 0.687. The maximum atomic E-state index is 12.5. The Labute approximate surface area is 150 Å². The maximum absolute atomic E-state index is 12.5. The van der Waals surface area contributed by atoms with Crippen LogP contribution in [0.3, 0.4) is 0 Å². The summed E-state index contributed by atoms with van der Waals surface area (Å²) in [6.45, 7) is 2.23. The number of carbonyl (C=O) groups is 2. The highest BCUT2D eigenvalue weighted by Crippen LogP contribution is 2.64. The van der Waals surface area contributed by atoms with Crippen LogP contribution in [-0.2, 0) is 9.59 Å². The molecule has 0 bridgehead atoms. The minimum absolute atomic E-state index is 0.0911. The molecule has 3 fully saturated rings. The lowest BCUT2D eigenvalue weighted by atomic mass is 9.48. The van der Waals surface area contributed by atoms with Gasteiger partial charge >= 0.3 is 0 Å². The molecule has 0 spiro atoms. The number of rotatable bonds is 3. The summed E-state index contributed by atoms with van der Waals surface area (Å²) in [5.74, 6) is 3.92. The van der Waals surface area contributed by atoms with Crippen LogP contribution in [0, 0.1) is 28.6 Å². The van der Waals surface area contributed by atoms with Gasteiger partial charge in [-0.15, -0.1) is 0 Å². The first-order valence-corrected chi connectivity index (χ1v) is 11.1. The Kier molecular flexibility index (Phi) is 4.22. The van der Waals surface area contributed by atoms with Gasteiger partial charge in [-0.1, -0.05) is 18.6 Å². The molecule has 24 heavy (non-hydrogen) atoms. The number of ketones is 2. The SMILES string of the molecule is CSCC[C@]12CCC(=O)C[C@H]1CC[C@@H]1C2=CC[C@]2(C)C(=O)CC[C@@H]12. The van der Waals surface area contributed by atoms with Crippen molar-refractivity contribution in [3.05, 3.63) is 11.6 Å². The molecule has 0 amide bonds. The molecular weight excluding hydrogens is 316 g/mol. The van der Waals surface area contributed by atoms with Gasteiger partial charge in [0, 0.05) is 24.7 Å². The molecule has 5 atom stereocenters. The molecule has 0 aromatic carbocycles. The van der Waals surface area contributed by atoms with Gasteiger partial charge in [-0.25, -0.2) is 0 Å². The van der Waals surface area contributed by atoms with Crippen molar-refractivity contribution in [1.29, 1.82) is 0 Å². The van der Waals surface area contributed by atoms with E-state index in [1.165, 1.54) is 25.0 Å². The summed E-state index contributed by atoms with van der Waals surface area (Å²) in [7, 11) is 0. The first kappa shape index (κ1) is 16.9. The first-order chi connectivity index (χ1) is 11.5. The molecular formula is C21H30O2S. The fraction of sp³-hybridized carbons (Fsp3) is 0.810. The Bertz CT molecular complexity index is 595. The van der Waals surface area contributed by atoms with E-state index in [0.29, 0.717) is 29.3 Å². The summed E-state index contributed by atoms with van der Waals surface area (Å²) < 4.78 is 0. The standard InChI is InChI=1S/C21H30O2S/c1-20-9-8-18-16(17(20)5-6-19(20)23)4-3-14-13-15(22)7-10-21(14,18)11-12-24-2/h8,14,16-17H,3-7,9-13H2,1-2H3/t14-,16+,17+,20+,21-/m1/s1. The lowest BCUT2D eigenvalue weighted by Crippen LogP contribution is -2.49. The molecule has 0 aromatic heterocycles. The highest BCUT2D eigenvalue weighted by atomic mass is 32.2. The molecule has 0 heterocycles. The number of thioether (sulfide) groups is 1. The summed E-state index contributed by atoms with van der Waals surface area (Å²) >= 11 is 1.94. The largest absolute Gasteiger partial charge is 0.300 e. The number of hydrogen-bond acceptors (Lipinski definition) is 3. The monoisotopic (exact) mass is 346 g/mol. The molecule has 4 aliphatic rings. The van der Waals surface area contributed by atoms with Crippen molar-refractivity contribution in [1.82, 2.24) is 0 Å². The van der Waals surface area contributed by atoms with Crippen molar-refractivity contribution < 1.29 is 9.59 Å². The van der Waals surface area contributed by atoms with E-state index in [4.69, 9.17) is 0 Å². The number of allylic oxidation sites excluding steroid dienone is 2. The van der Waals surface area contributed by atoms with Crippen LogP contribution in [0.4, 0.5) is 0 Å². The lowest BCUT2D eigenvalue weighted by Gasteiger charge is -2.56. The summed E-state index contributed by atoms with van der Waals surface area (Å²) in [4.78, 5) is 24.6. The second-order valence-electron chi connectivity index (χ2n) is 8.87. The van der Waals surface area contributed by atoms with Gasteiger partial charge in [-0.3, -0.25) is 9.59 Å². The summed E-state index contributed by atoms with van der Waals surface area (Å²) in [6.07, 6.45) is 13.8. The van der Waals surface area contributed by atoms with Crippen LogP contribution < -0.4 is 0 Å². The summed E-state index contributed by atoms with van der Waals surface area (Å²) in [5, 5.41) is 0. The van der Waals surface area contributed by atoms with Crippen LogP contribution in [0.5, 0.6) is 0 Å². The summed E-state index contributed by atoms with van der Waals surface area (Å²) in [6, 6.07) is 0. The van der Waals surface area contributed by atoms with Crippen LogP contribution >= 0.6 is 11.8 Å². The predicted molar refractivity (Wildman–Crippen MR) is 99.0 cm³/mol. The van der Waals surface area contributed by atoms with Crippen molar-refractivity contribution in [2.45, 2.75) is 64.7 Å². The van der Waals surface area contributed by atoms with Gasteiger partial charge < -0.3 is 0 Å². The van der Waals surface area contributed by atoms with Crippen molar-refractivity contribution in [3.8, 4) is 0 Å². The van der Waals surface area contributed by atoms with Gasteiger partial charge in [0.15, 0.2) is 0 Å². The molecule has 4 aliphatic carbocycles. The minimum atomic E-state index is -0.0911. The Balaban J connectivity index is 1.72. The van der Waals surface area contributed by atoms with Gasteiger partial charge in [0.1, 0.15) is 11.6 Å². The Morgan fingerprint density at radius 1 is 1.21 bits per heavy atom. The highest BCUT2D eigenvalue weighted by Gasteiger charge is 2.58. The van der Waals surface area contributed by atoms with Gasteiger partial charge in [0.2, 0.25) is 0 Å². The topological polar surface area (TPSA) is 34.1 Å². The maximum Gasteiger partial charge on any atom is 0.139 e. The molecule has 3 saturated carbocycles. The summed E-state index contributed by atoms with van der Waals surface area (Å²) in [5.41, 5.74) is 1.86. The number of carbonyl (C=O) groups excluding carboxylic acids is 2. The third kappa shape index (κ3) is 2.29. The molecule has 0 radical (unpaired) electrons. The van der Waals surface area contributed by atoms with E-state index in [1.807, 2.05) is 11.8 Å². The van der Waals surface area contributed by atoms with Gasteiger partial charge in [-0.05, 0) is 73.7 Å². The van der Waals surface area contributed by atoms with Crippen molar-refractivity contribution in [3.63, 3.8) is 0 Å². The van der Waals surface area contributed by atoms with Gasteiger partial charge in [0.05, 0.1) is 0 Å². The van der Waals surface area contributed by atoms with Crippen molar-refractivity contribution >= 4 is 23.3 Å². The highest BCUT2D eigenvalue weighted by molar-refractivity contribution is 7.98. The molecule has 0 aromatic rings. The lowest BCUT2D eigenvalue weighted by molar-refractivity contribution is -0.128. The Morgan fingerprint density at radius 3 is 2.83 bits per heavy atom. The third-order valence-electron chi connectivity index (χ3n) is 8.03. The zero-order chi connectivity index (χ0) is 16.9. The van der Waals surface area contributed by atoms with E-state index in [-0.39, 0.29) is 10.8 Å². The van der Waals surface area contributed by atoms with E-state index in [1.54, 1.807) is 5.57 Å². The molecule has 0 N–H and O–H groups in total. The predicted octanol–water partition coefficient (Wildman–Crippen LogP) is 4.82. The Hall–Kier alpha value is -0.570. The normalized spacial score (nSPS) is 44.6. The molecule has 0 aliphatic heterocycles. The number of Topliss-reactive ketones (excluding diaryl/α,β-unsaturated/α-hetero) is 2. The zero-order valence-electron chi connectivity index (χ0n) is 15.1. The Morgan fingerprint density at radius 2 is 2.04 bits per heavy atom. The molecule has 132 valence electrons. The first-order valence-electron chi connectivity index (χ1n) is 9.76. The number of fused-ring (bicyclic) bond motifs is 5. The van der Waals surface area contributed by atoms with E-state index in [2.05, 4.69) is 19.3 Å². The molecule has 0 saturated heterocycles. The number of hydrogen-bond donors (Lipinski definition) is 0. The smallest absolute Gasteiger partial charge is 0.139 e. The zero-order valence-corrected chi connectivity index (χ0v) is 15.9. The second-order valence-corrected chi connectivity index (χ2v) is 9.86. The van der Waals surface area contributed by atoms with Gasteiger partial charge in [0.25, 0.3) is 0 Å². The van der Waals surface area contributed by atoms with E-state index < -0.39 is 0 Å². The van der Waals surface area contributed by atoms with Crippen molar-refractivity contribution in [2.24, 2.45) is 28.6 Å². The van der Waals surface area contributed by atoms with E-state index in [0.717, 1.165) is 38.5 Å². The fourth-order valence-electron chi connectivity index (χ4n) is 6.66. The molecule has 2 nitrogen and oxygen atoms in total.